The molecule has 7 N–H and O–H groups in total. The number of carbonyl (C=O) groups is 3. The number of carboxylic acids is 3. The molecule has 10 heteroatoms. The molecule has 3 aromatic rings. The van der Waals surface area contributed by atoms with Crippen molar-refractivity contribution in [2.75, 3.05) is 0 Å². The SMILES string of the molecule is O=C(O)c1cc(C(O)(c2ccc(O)c(C(=O)O)c2)c2ccc(O)c(C(=O)O)c2)ccc1O. The van der Waals surface area contributed by atoms with Crippen LogP contribution in [0.3, 0.4) is 0 Å². The Hall–Kier alpha value is -4.57. The van der Waals surface area contributed by atoms with Gasteiger partial charge in [-0.3, -0.25) is 0 Å². The Balaban J connectivity index is 2.40. The van der Waals surface area contributed by atoms with Crippen LogP contribution in [0.1, 0.15) is 47.8 Å². The molecule has 0 aliphatic heterocycles. The van der Waals surface area contributed by atoms with Gasteiger partial charge in [0.25, 0.3) is 0 Å². The molecule has 0 atom stereocenters. The molecule has 0 fully saturated rings. The topological polar surface area (TPSA) is 193 Å². The Labute approximate surface area is 179 Å². The van der Waals surface area contributed by atoms with Crippen molar-refractivity contribution in [1.82, 2.24) is 0 Å². The van der Waals surface area contributed by atoms with Crippen molar-refractivity contribution >= 4 is 17.9 Å². The van der Waals surface area contributed by atoms with Gasteiger partial charge in [0.15, 0.2) is 0 Å². The summed E-state index contributed by atoms with van der Waals surface area (Å²) >= 11 is 0. The Morgan fingerprint density at radius 2 is 0.781 bits per heavy atom. The first-order valence-corrected chi connectivity index (χ1v) is 8.89. The zero-order valence-electron chi connectivity index (χ0n) is 16.1. The molecule has 164 valence electrons. The third-order valence-corrected chi connectivity index (χ3v) is 4.93. The first-order chi connectivity index (χ1) is 15.0. The normalized spacial score (nSPS) is 11.2. The lowest BCUT2D eigenvalue weighted by atomic mass is 9.78. The van der Waals surface area contributed by atoms with Crippen molar-refractivity contribution in [2.45, 2.75) is 5.60 Å². The smallest absolute Gasteiger partial charge is 0.339 e. The Bertz CT molecular complexity index is 1110. The van der Waals surface area contributed by atoms with Crippen LogP contribution in [0.15, 0.2) is 54.6 Å². The molecule has 0 aliphatic carbocycles. The van der Waals surface area contributed by atoms with E-state index in [9.17, 15) is 50.1 Å². The molecule has 0 saturated heterocycles. The number of carboxylic acid groups (broad SMARTS) is 3. The lowest BCUT2D eigenvalue weighted by Crippen LogP contribution is -2.30. The van der Waals surface area contributed by atoms with Gasteiger partial charge in [-0.25, -0.2) is 14.4 Å². The average molecular weight is 440 g/mol. The summed E-state index contributed by atoms with van der Waals surface area (Å²) in [5.74, 6) is -6.34. The van der Waals surface area contributed by atoms with E-state index in [4.69, 9.17) is 0 Å². The molecule has 0 unspecified atom stereocenters. The molecular weight excluding hydrogens is 424 g/mol. The van der Waals surface area contributed by atoms with E-state index in [0.717, 1.165) is 36.4 Å². The summed E-state index contributed by atoms with van der Waals surface area (Å²) in [5, 5.41) is 69.3. The summed E-state index contributed by atoms with van der Waals surface area (Å²) in [6.45, 7) is 0. The quantitative estimate of drug-likeness (QED) is 0.279. The number of hydrogen-bond donors (Lipinski definition) is 7. The van der Waals surface area contributed by atoms with Gasteiger partial charge in [0.2, 0.25) is 0 Å². The molecule has 0 aromatic heterocycles. The van der Waals surface area contributed by atoms with E-state index in [2.05, 4.69) is 0 Å². The highest BCUT2D eigenvalue weighted by Gasteiger charge is 2.37. The van der Waals surface area contributed by atoms with Gasteiger partial charge in [-0.2, -0.15) is 0 Å². The molecule has 0 bridgehead atoms. The first-order valence-electron chi connectivity index (χ1n) is 8.89. The second kappa shape index (κ2) is 7.93. The highest BCUT2D eigenvalue weighted by atomic mass is 16.4. The van der Waals surface area contributed by atoms with E-state index in [0.29, 0.717) is 0 Å². The summed E-state index contributed by atoms with van der Waals surface area (Å²) in [7, 11) is 0. The zero-order chi connectivity index (χ0) is 23.8. The maximum absolute atomic E-state index is 11.8. The van der Waals surface area contributed by atoms with E-state index >= 15 is 0 Å². The number of aromatic carboxylic acids is 3. The van der Waals surface area contributed by atoms with Crippen LogP contribution >= 0.6 is 0 Å². The number of aromatic hydroxyl groups is 3. The minimum Gasteiger partial charge on any atom is -0.507 e. The number of aliphatic hydroxyl groups is 1. The van der Waals surface area contributed by atoms with Gasteiger partial charge in [-0.05, 0) is 53.1 Å². The number of benzene rings is 3. The van der Waals surface area contributed by atoms with Crippen molar-refractivity contribution in [1.29, 1.82) is 0 Å². The Morgan fingerprint density at radius 3 is 1.00 bits per heavy atom. The maximum atomic E-state index is 11.8. The Kier molecular flexibility index (Phi) is 5.48. The van der Waals surface area contributed by atoms with Crippen LogP contribution in [-0.4, -0.2) is 53.7 Å². The van der Waals surface area contributed by atoms with Crippen molar-refractivity contribution in [3.63, 3.8) is 0 Å². The van der Waals surface area contributed by atoms with Crippen LogP contribution in [0.25, 0.3) is 0 Å². The third-order valence-electron chi connectivity index (χ3n) is 4.93. The van der Waals surface area contributed by atoms with Gasteiger partial charge in [0.1, 0.15) is 39.5 Å². The fraction of sp³-hybridized carbons (Fsp3) is 0.0455. The van der Waals surface area contributed by atoms with Crippen molar-refractivity contribution < 1.29 is 50.1 Å². The van der Waals surface area contributed by atoms with E-state index < -0.39 is 57.4 Å². The van der Waals surface area contributed by atoms with Crippen molar-refractivity contribution in [3.05, 3.63) is 88.0 Å². The maximum Gasteiger partial charge on any atom is 0.339 e. The molecule has 0 heterocycles. The van der Waals surface area contributed by atoms with Crippen LogP contribution in [0.5, 0.6) is 17.2 Å². The monoisotopic (exact) mass is 440 g/mol. The lowest BCUT2D eigenvalue weighted by Gasteiger charge is -2.31. The summed E-state index contributed by atoms with van der Waals surface area (Å²) < 4.78 is 0. The molecular formula is C22H16O10. The minimum atomic E-state index is -2.34. The van der Waals surface area contributed by atoms with E-state index in [-0.39, 0.29) is 16.7 Å². The molecule has 0 amide bonds. The number of phenols is 3. The van der Waals surface area contributed by atoms with Crippen molar-refractivity contribution in [2.24, 2.45) is 0 Å². The minimum absolute atomic E-state index is 0.156. The standard InChI is InChI=1S/C22H16O10/c23-16-4-1-10(7-13(16)19(26)27)22(32,11-2-5-17(24)14(8-11)20(28)29)12-3-6-18(25)15(9-12)21(30)31/h1-9,23-25,32H,(H,26,27)(H,28,29)(H,30,31). The molecule has 0 spiro atoms. The van der Waals surface area contributed by atoms with Crippen LogP contribution in [0, 0.1) is 0 Å². The predicted octanol–water partition coefficient (Wildman–Crippen LogP) is 2.18. The van der Waals surface area contributed by atoms with Gasteiger partial charge in [0, 0.05) is 0 Å². The van der Waals surface area contributed by atoms with Crippen LogP contribution in [0.4, 0.5) is 0 Å². The van der Waals surface area contributed by atoms with Gasteiger partial charge in [-0.1, -0.05) is 18.2 Å². The van der Waals surface area contributed by atoms with E-state index in [1.165, 1.54) is 18.2 Å². The van der Waals surface area contributed by atoms with Crippen molar-refractivity contribution in [3.8, 4) is 17.2 Å². The molecule has 32 heavy (non-hydrogen) atoms. The average Bonchev–Trinajstić information content (AvgIpc) is 2.73. The molecule has 3 aromatic carbocycles. The largest absolute Gasteiger partial charge is 0.507 e. The highest BCUT2D eigenvalue weighted by molar-refractivity contribution is 5.93. The number of hydrogen-bond acceptors (Lipinski definition) is 7. The van der Waals surface area contributed by atoms with E-state index in [1.807, 2.05) is 0 Å². The molecule has 10 nitrogen and oxygen atoms in total. The fourth-order valence-corrected chi connectivity index (χ4v) is 3.30. The molecule has 3 rings (SSSR count). The van der Waals surface area contributed by atoms with Gasteiger partial charge >= 0.3 is 17.9 Å². The van der Waals surface area contributed by atoms with Gasteiger partial charge in [0.05, 0.1) is 0 Å². The predicted molar refractivity (Wildman–Crippen MR) is 107 cm³/mol. The highest BCUT2D eigenvalue weighted by Crippen LogP contribution is 2.41. The Morgan fingerprint density at radius 1 is 0.531 bits per heavy atom. The van der Waals surface area contributed by atoms with Crippen LogP contribution in [0.2, 0.25) is 0 Å². The summed E-state index contributed by atoms with van der Waals surface area (Å²) in [6, 6.07) is 9.34. The fourth-order valence-electron chi connectivity index (χ4n) is 3.30. The number of rotatable bonds is 6. The van der Waals surface area contributed by atoms with Gasteiger partial charge < -0.3 is 35.7 Å². The lowest BCUT2D eigenvalue weighted by molar-refractivity contribution is 0.0682. The van der Waals surface area contributed by atoms with Gasteiger partial charge in [-0.15, -0.1) is 0 Å². The first kappa shape index (κ1) is 22.1. The summed E-state index contributed by atoms with van der Waals surface area (Å²) in [5.41, 5.74) is -4.53. The zero-order valence-corrected chi connectivity index (χ0v) is 16.1. The van der Waals surface area contributed by atoms with E-state index in [1.54, 1.807) is 0 Å². The van der Waals surface area contributed by atoms with Crippen LogP contribution in [-0.2, 0) is 5.60 Å². The second-order valence-electron chi connectivity index (χ2n) is 6.82. The molecule has 0 radical (unpaired) electrons. The summed E-state index contributed by atoms with van der Waals surface area (Å²) in [4.78, 5) is 34.5. The summed E-state index contributed by atoms with van der Waals surface area (Å²) in [6.07, 6.45) is 0. The molecule has 0 aliphatic rings. The second-order valence-corrected chi connectivity index (χ2v) is 6.82. The third kappa shape index (κ3) is 3.66. The van der Waals surface area contributed by atoms with Crippen LogP contribution < -0.4 is 0 Å². The molecule has 0 saturated carbocycles.